The van der Waals surface area contributed by atoms with Gasteiger partial charge in [-0.25, -0.2) is 0 Å². The maximum absolute atomic E-state index is 10.3. The molecule has 0 fully saturated rings. The van der Waals surface area contributed by atoms with Gasteiger partial charge in [0.05, 0.1) is 15.4 Å². The van der Waals surface area contributed by atoms with Crippen molar-refractivity contribution in [1.29, 1.82) is 0 Å². The number of pyridine rings is 1. The first-order chi connectivity index (χ1) is 9.63. The van der Waals surface area contributed by atoms with Crippen molar-refractivity contribution in [2.24, 2.45) is 0 Å². The van der Waals surface area contributed by atoms with E-state index in [1.165, 1.54) is 11.3 Å². The molecule has 0 spiro atoms. The van der Waals surface area contributed by atoms with Crippen LogP contribution in [0.15, 0.2) is 50.7 Å². The normalized spacial score (nSPS) is 12.8. The lowest BCUT2D eigenvalue weighted by Crippen LogP contribution is -2.01. The van der Waals surface area contributed by atoms with Gasteiger partial charge in [-0.3, -0.25) is 4.98 Å². The molecular formula is C15H11Br2NOS. The molecule has 0 radical (unpaired) electrons. The van der Waals surface area contributed by atoms with Crippen LogP contribution in [-0.2, 0) is 6.42 Å². The van der Waals surface area contributed by atoms with E-state index in [9.17, 15) is 5.11 Å². The number of para-hydroxylation sites is 1. The molecule has 3 aromatic rings. The zero-order valence-electron chi connectivity index (χ0n) is 10.4. The van der Waals surface area contributed by atoms with Crippen molar-refractivity contribution < 1.29 is 5.11 Å². The summed E-state index contributed by atoms with van der Waals surface area (Å²) in [6.45, 7) is 0. The van der Waals surface area contributed by atoms with Crippen LogP contribution in [0.2, 0.25) is 0 Å². The topological polar surface area (TPSA) is 33.1 Å². The highest BCUT2D eigenvalue weighted by atomic mass is 79.9. The third kappa shape index (κ3) is 2.96. The average Bonchev–Trinajstić information content (AvgIpc) is 2.79. The lowest BCUT2D eigenvalue weighted by molar-refractivity contribution is 0.181. The number of benzene rings is 1. The van der Waals surface area contributed by atoms with E-state index in [0.29, 0.717) is 6.42 Å². The Morgan fingerprint density at radius 3 is 2.70 bits per heavy atom. The summed E-state index contributed by atoms with van der Waals surface area (Å²) in [5.74, 6) is 0. The number of hydrogen-bond acceptors (Lipinski definition) is 3. The Morgan fingerprint density at radius 2 is 1.95 bits per heavy atom. The molecule has 2 aromatic heterocycles. The Kier molecular flexibility index (Phi) is 4.21. The second-order valence-electron chi connectivity index (χ2n) is 4.49. The van der Waals surface area contributed by atoms with Crippen LogP contribution in [0.1, 0.15) is 16.7 Å². The van der Waals surface area contributed by atoms with Crippen LogP contribution in [0.3, 0.4) is 0 Å². The number of fused-ring (bicyclic) bond motifs is 1. The fourth-order valence-corrected chi connectivity index (χ4v) is 4.12. The minimum atomic E-state index is -0.531. The van der Waals surface area contributed by atoms with Crippen molar-refractivity contribution in [1.82, 2.24) is 4.98 Å². The first kappa shape index (κ1) is 14.2. The molecule has 102 valence electrons. The van der Waals surface area contributed by atoms with E-state index in [4.69, 9.17) is 0 Å². The lowest BCUT2D eigenvalue weighted by atomic mass is 10.1. The monoisotopic (exact) mass is 411 g/mol. The number of nitrogens with zero attached hydrogens (tertiary/aromatic N) is 1. The van der Waals surface area contributed by atoms with Gasteiger partial charge in [0.15, 0.2) is 0 Å². The van der Waals surface area contributed by atoms with Crippen molar-refractivity contribution in [3.8, 4) is 0 Å². The van der Waals surface area contributed by atoms with Gasteiger partial charge in [-0.15, -0.1) is 11.3 Å². The maximum atomic E-state index is 10.3. The van der Waals surface area contributed by atoms with Gasteiger partial charge >= 0.3 is 0 Å². The highest BCUT2D eigenvalue weighted by Crippen LogP contribution is 2.36. The number of rotatable bonds is 3. The molecule has 0 bridgehead atoms. The van der Waals surface area contributed by atoms with E-state index < -0.39 is 6.10 Å². The molecule has 0 aliphatic rings. The molecule has 1 atom stereocenters. The van der Waals surface area contributed by atoms with Crippen molar-refractivity contribution in [2.45, 2.75) is 12.5 Å². The van der Waals surface area contributed by atoms with E-state index in [1.54, 1.807) is 0 Å². The first-order valence-corrected chi connectivity index (χ1v) is 8.51. The van der Waals surface area contributed by atoms with E-state index in [0.717, 1.165) is 29.7 Å². The largest absolute Gasteiger partial charge is 0.387 e. The molecule has 1 N–H and O–H groups in total. The minimum Gasteiger partial charge on any atom is -0.387 e. The fourth-order valence-electron chi connectivity index (χ4n) is 2.05. The molecular weight excluding hydrogens is 402 g/mol. The summed E-state index contributed by atoms with van der Waals surface area (Å²) >= 11 is 8.42. The van der Waals surface area contributed by atoms with Crippen molar-refractivity contribution >= 4 is 54.1 Å². The third-order valence-electron chi connectivity index (χ3n) is 3.05. The summed E-state index contributed by atoms with van der Waals surface area (Å²) in [6.07, 6.45) is -0.0132. The van der Waals surface area contributed by atoms with Gasteiger partial charge in [0, 0.05) is 26.9 Å². The average molecular weight is 413 g/mol. The summed E-state index contributed by atoms with van der Waals surface area (Å²) in [4.78, 5) is 5.52. The summed E-state index contributed by atoms with van der Waals surface area (Å²) in [7, 11) is 0. The molecule has 0 saturated carbocycles. The Labute approximate surface area is 137 Å². The maximum Gasteiger partial charge on any atom is 0.0938 e. The number of aromatic nitrogens is 1. The molecule has 3 rings (SSSR count). The van der Waals surface area contributed by atoms with Crippen LogP contribution >= 0.6 is 43.2 Å². The van der Waals surface area contributed by atoms with E-state index >= 15 is 0 Å². The zero-order valence-corrected chi connectivity index (χ0v) is 14.4. The summed E-state index contributed by atoms with van der Waals surface area (Å²) in [5, 5.41) is 11.4. The highest BCUT2D eigenvalue weighted by Gasteiger charge is 2.14. The Balaban J connectivity index is 1.85. The molecule has 0 aliphatic heterocycles. The lowest BCUT2D eigenvalue weighted by Gasteiger charge is -2.08. The Morgan fingerprint density at radius 1 is 1.15 bits per heavy atom. The van der Waals surface area contributed by atoms with Gasteiger partial charge in [-0.1, -0.05) is 24.3 Å². The minimum absolute atomic E-state index is 0.518. The second kappa shape index (κ2) is 5.93. The van der Waals surface area contributed by atoms with Gasteiger partial charge < -0.3 is 5.11 Å². The zero-order chi connectivity index (χ0) is 14.1. The first-order valence-electron chi connectivity index (χ1n) is 6.11. The standard InChI is InChI=1S/C15H11Br2NOS/c16-11-8-14(20-15(11)17)13(19)7-10-6-5-9-3-1-2-4-12(9)18-10/h1-6,8,13,19H,7H2. The number of hydrogen-bond donors (Lipinski definition) is 1. The Bertz CT molecular complexity index is 737. The third-order valence-corrected chi connectivity index (χ3v) is 6.41. The van der Waals surface area contributed by atoms with Gasteiger partial charge in [-0.05, 0) is 50.1 Å². The van der Waals surface area contributed by atoms with E-state index in [-0.39, 0.29) is 0 Å². The number of aliphatic hydroxyl groups excluding tert-OH is 1. The molecule has 1 unspecified atom stereocenters. The van der Waals surface area contributed by atoms with Gasteiger partial charge in [-0.2, -0.15) is 0 Å². The number of aliphatic hydroxyl groups is 1. The van der Waals surface area contributed by atoms with Crippen LogP contribution < -0.4 is 0 Å². The summed E-state index contributed by atoms with van der Waals surface area (Å²) in [5.41, 5.74) is 1.86. The summed E-state index contributed by atoms with van der Waals surface area (Å²) < 4.78 is 1.97. The van der Waals surface area contributed by atoms with E-state index in [2.05, 4.69) is 36.8 Å². The van der Waals surface area contributed by atoms with Crippen LogP contribution in [-0.4, -0.2) is 10.1 Å². The second-order valence-corrected chi connectivity index (χ2v) is 7.74. The predicted molar refractivity (Wildman–Crippen MR) is 90.1 cm³/mol. The van der Waals surface area contributed by atoms with Gasteiger partial charge in [0.2, 0.25) is 0 Å². The Hall–Kier alpha value is -0.750. The van der Waals surface area contributed by atoms with Crippen LogP contribution in [0.25, 0.3) is 10.9 Å². The molecule has 1 aromatic carbocycles. The summed E-state index contributed by atoms with van der Waals surface area (Å²) in [6, 6.07) is 14.0. The SMILES string of the molecule is OC(Cc1ccc2ccccc2n1)c1cc(Br)c(Br)s1. The molecule has 20 heavy (non-hydrogen) atoms. The number of halogens is 2. The van der Waals surface area contributed by atoms with E-state index in [1.807, 2.05) is 42.5 Å². The molecule has 5 heteroatoms. The van der Waals surface area contributed by atoms with Crippen LogP contribution in [0, 0.1) is 0 Å². The predicted octanol–water partition coefficient (Wildman–Crippen LogP) is 5.10. The highest BCUT2D eigenvalue weighted by molar-refractivity contribution is 9.13. The van der Waals surface area contributed by atoms with Crippen molar-refractivity contribution in [3.63, 3.8) is 0 Å². The van der Waals surface area contributed by atoms with Gasteiger partial charge in [0.1, 0.15) is 0 Å². The molecule has 2 heterocycles. The number of thiophene rings is 1. The molecule has 0 aliphatic carbocycles. The van der Waals surface area contributed by atoms with Crippen LogP contribution in [0.4, 0.5) is 0 Å². The quantitative estimate of drug-likeness (QED) is 0.649. The van der Waals surface area contributed by atoms with Gasteiger partial charge in [0.25, 0.3) is 0 Å². The molecule has 2 nitrogen and oxygen atoms in total. The molecule has 0 saturated heterocycles. The fraction of sp³-hybridized carbons (Fsp3) is 0.133. The van der Waals surface area contributed by atoms with Crippen LogP contribution in [0.5, 0.6) is 0 Å². The smallest absolute Gasteiger partial charge is 0.0938 e. The van der Waals surface area contributed by atoms with Crippen molar-refractivity contribution in [2.75, 3.05) is 0 Å². The molecule has 0 amide bonds. The van der Waals surface area contributed by atoms with Crippen molar-refractivity contribution in [3.05, 3.63) is 61.3 Å².